The maximum absolute atomic E-state index is 12.0. The van der Waals surface area contributed by atoms with Crippen molar-refractivity contribution in [3.8, 4) is 0 Å². The standard InChI is InChI=1S/C14H27N3O3/c1-10(2)7-12(14(19)20-4)16-13(18)9-17-6-5-15-11(3)8-17/h10-12,15H,5-9H2,1-4H3,(H,16,18)/t11-,12?/m1/s1. The molecule has 20 heavy (non-hydrogen) atoms. The first-order valence-electron chi connectivity index (χ1n) is 7.25. The van der Waals surface area contributed by atoms with Gasteiger partial charge in [-0.2, -0.15) is 0 Å². The Bertz CT molecular complexity index is 334. The number of rotatable bonds is 6. The molecular formula is C14H27N3O3. The van der Waals surface area contributed by atoms with Crippen LogP contribution in [0, 0.1) is 5.92 Å². The summed E-state index contributed by atoms with van der Waals surface area (Å²) in [4.78, 5) is 25.8. The molecule has 2 atom stereocenters. The molecule has 0 spiro atoms. The fourth-order valence-corrected chi connectivity index (χ4v) is 2.43. The number of methoxy groups -OCH3 is 1. The zero-order valence-electron chi connectivity index (χ0n) is 12.9. The molecule has 1 fully saturated rings. The van der Waals surface area contributed by atoms with Crippen LogP contribution in [0.4, 0.5) is 0 Å². The van der Waals surface area contributed by atoms with Crippen molar-refractivity contribution < 1.29 is 14.3 Å². The lowest BCUT2D eigenvalue weighted by atomic mass is 10.0. The third-order valence-electron chi connectivity index (χ3n) is 3.35. The highest BCUT2D eigenvalue weighted by Crippen LogP contribution is 2.06. The molecule has 1 aliphatic rings. The number of carbonyl (C=O) groups is 2. The molecule has 1 aliphatic heterocycles. The molecule has 0 aromatic carbocycles. The number of hydrogen-bond donors (Lipinski definition) is 2. The normalized spacial score (nSPS) is 21.6. The number of amides is 1. The van der Waals surface area contributed by atoms with Crippen LogP contribution < -0.4 is 10.6 Å². The summed E-state index contributed by atoms with van der Waals surface area (Å²) >= 11 is 0. The van der Waals surface area contributed by atoms with Crippen LogP contribution in [0.3, 0.4) is 0 Å². The van der Waals surface area contributed by atoms with Crippen molar-refractivity contribution in [3.63, 3.8) is 0 Å². The van der Waals surface area contributed by atoms with E-state index in [4.69, 9.17) is 4.74 Å². The molecule has 0 saturated carbocycles. The highest BCUT2D eigenvalue weighted by atomic mass is 16.5. The Kier molecular flexibility index (Phi) is 6.95. The van der Waals surface area contributed by atoms with Gasteiger partial charge in [0.1, 0.15) is 6.04 Å². The topological polar surface area (TPSA) is 70.7 Å². The minimum absolute atomic E-state index is 0.116. The molecule has 1 unspecified atom stereocenters. The third-order valence-corrected chi connectivity index (χ3v) is 3.35. The van der Waals surface area contributed by atoms with E-state index in [0.29, 0.717) is 24.9 Å². The first kappa shape index (κ1) is 16.9. The summed E-state index contributed by atoms with van der Waals surface area (Å²) < 4.78 is 4.74. The van der Waals surface area contributed by atoms with Crippen LogP contribution >= 0.6 is 0 Å². The second-order valence-corrected chi connectivity index (χ2v) is 5.86. The van der Waals surface area contributed by atoms with Gasteiger partial charge in [-0.05, 0) is 19.3 Å². The number of esters is 1. The molecular weight excluding hydrogens is 258 g/mol. The Morgan fingerprint density at radius 3 is 2.70 bits per heavy atom. The summed E-state index contributed by atoms with van der Waals surface area (Å²) in [5, 5.41) is 6.12. The van der Waals surface area contributed by atoms with Gasteiger partial charge in [-0.1, -0.05) is 13.8 Å². The van der Waals surface area contributed by atoms with Crippen molar-refractivity contribution in [1.82, 2.24) is 15.5 Å². The Morgan fingerprint density at radius 2 is 2.15 bits per heavy atom. The summed E-state index contributed by atoms with van der Waals surface area (Å²) in [6, 6.07) is -0.156. The molecule has 1 saturated heterocycles. The quantitative estimate of drug-likeness (QED) is 0.671. The van der Waals surface area contributed by atoms with Crippen molar-refractivity contribution in [2.45, 2.75) is 39.3 Å². The van der Waals surface area contributed by atoms with E-state index >= 15 is 0 Å². The van der Waals surface area contributed by atoms with Crippen LogP contribution in [0.1, 0.15) is 27.2 Å². The Labute approximate surface area is 121 Å². The third kappa shape index (κ3) is 5.88. The Morgan fingerprint density at radius 1 is 1.45 bits per heavy atom. The van der Waals surface area contributed by atoms with E-state index in [9.17, 15) is 9.59 Å². The second-order valence-electron chi connectivity index (χ2n) is 5.86. The van der Waals surface area contributed by atoms with Gasteiger partial charge in [0.05, 0.1) is 13.7 Å². The van der Waals surface area contributed by atoms with Crippen molar-refractivity contribution in [1.29, 1.82) is 0 Å². The van der Waals surface area contributed by atoms with E-state index < -0.39 is 6.04 Å². The van der Waals surface area contributed by atoms with Crippen LogP contribution in [-0.2, 0) is 14.3 Å². The molecule has 6 heteroatoms. The first-order valence-corrected chi connectivity index (χ1v) is 7.25. The monoisotopic (exact) mass is 285 g/mol. The lowest BCUT2D eigenvalue weighted by Gasteiger charge is -2.31. The van der Waals surface area contributed by atoms with Gasteiger partial charge >= 0.3 is 5.97 Å². The average molecular weight is 285 g/mol. The van der Waals surface area contributed by atoms with Gasteiger partial charge in [-0.25, -0.2) is 4.79 Å². The summed E-state index contributed by atoms with van der Waals surface area (Å²) in [6.45, 7) is 9.05. The number of carbonyl (C=O) groups excluding carboxylic acids is 2. The van der Waals surface area contributed by atoms with Crippen molar-refractivity contribution in [3.05, 3.63) is 0 Å². The summed E-state index contributed by atoms with van der Waals surface area (Å²) in [5.74, 6) is -0.172. The van der Waals surface area contributed by atoms with E-state index in [1.54, 1.807) is 0 Å². The van der Waals surface area contributed by atoms with Gasteiger partial charge in [0.2, 0.25) is 5.91 Å². The minimum Gasteiger partial charge on any atom is -0.467 e. The highest BCUT2D eigenvalue weighted by molar-refractivity contribution is 5.85. The number of piperazine rings is 1. The van der Waals surface area contributed by atoms with Gasteiger partial charge in [-0.15, -0.1) is 0 Å². The maximum atomic E-state index is 12.0. The molecule has 0 radical (unpaired) electrons. The molecule has 0 aromatic heterocycles. The fourth-order valence-electron chi connectivity index (χ4n) is 2.43. The van der Waals surface area contributed by atoms with Crippen LogP contribution in [-0.4, -0.2) is 62.1 Å². The van der Waals surface area contributed by atoms with E-state index in [1.807, 2.05) is 13.8 Å². The maximum Gasteiger partial charge on any atom is 0.328 e. The second kappa shape index (κ2) is 8.21. The Hall–Kier alpha value is -1.14. The van der Waals surface area contributed by atoms with Gasteiger partial charge in [0.25, 0.3) is 0 Å². The van der Waals surface area contributed by atoms with E-state index in [0.717, 1.165) is 19.6 Å². The zero-order valence-corrected chi connectivity index (χ0v) is 12.9. The minimum atomic E-state index is -0.548. The lowest BCUT2D eigenvalue weighted by Crippen LogP contribution is -2.53. The zero-order chi connectivity index (χ0) is 15.1. The van der Waals surface area contributed by atoms with Crippen molar-refractivity contribution >= 4 is 11.9 Å². The molecule has 1 heterocycles. The van der Waals surface area contributed by atoms with Crippen LogP contribution in [0.15, 0.2) is 0 Å². The van der Waals surface area contributed by atoms with Crippen LogP contribution in [0.25, 0.3) is 0 Å². The average Bonchev–Trinajstić information content (AvgIpc) is 2.36. The number of ether oxygens (including phenoxy) is 1. The van der Waals surface area contributed by atoms with E-state index in [-0.39, 0.29) is 11.9 Å². The molecule has 116 valence electrons. The SMILES string of the molecule is COC(=O)C(CC(C)C)NC(=O)CN1CCN[C@H](C)C1. The molecule has 1 amide bonds. The van der Waals surface area contributed by atoms with Crippen molar-refractivity contribution in [2.75, 3.05) is 33.3 Å². The smallest absolute Gasteiger partial charge is 0.328 e. The van der Waals surface area contributed by atoms with E-state index in [2.05, 4.69) is 22.5 Å². The summed E-state index contributed by atoms with van der Waals surface area (Å²) in [6.07, 6.45) is 0.594. The first-order chi connectivity index (χ1) is 9.42. The van der Waals surface area contributed by atoms with Gasteiger partial charge in [0.15, 0.2) is 0 Å². The summed E-state index contributed by atoms with van der Waals surface area (Å²) in [7, 11) is 1.35. The molecule has 0 bridgehead atoms. The molecule has 0 aromatic rings. The predicted octanol–water partition coefficient (Wildman–Crippen LogP) is -0.0160. The largest absolute Gasteiger partial charge is 0.467 e. The van der Waals surface area contributed by atoms with Crippen LogP contribution in [0.5, 0.6) is 0 Å². The van der Waals surface area contributed by atoms with E-state index in [1.165, 1.54) is 7.11 Å². The van der Waals surface area contributed by atoms with Crippen LogP contribution in [0.2, 0.25) is 0 Å². The van der Waals surface area contributed by atoms with Gasteiger partial charge in [-0.3, -0.25) is 9.69 Å². The highest BCUT2D eigenvalue weighted by Gasteiger charge is 2.24. The molecule has 2 N–H and O–H groups in total. The van der Waals surface area contributed by atoms with Gasteiger partial charge < -0.3 is 15.4 Å². The number of hydrogen-bond acceptors (Lipinski definition) is 5. The number of nitrogens with zero attached hydrogens (tertiary/aromatic N) is 1. The lowest BCUT2D eigenvalue weighted by molar-refractivity contribution is -0.145. The Balaban J connectivity index is 2.46. The molecule has 6 nitrogen and oxygen atoms in total. The summed E-state index contributed by atoms with van der Waals surface area (Å²) in [5.41, 5.74) is 0. The number of nitrogens with one attached hydrogen (secondary N) is 2. The molecule has 1 rings (SSSR count). The predicted molar refractivity (Wildman–Crippen MR) is 77.3 cm³/mol. The molecule has 0 aliphatic carbocycles. The van der Waals surface area contributed by atoms with Gasteiger partial charge in [0, 0.05) is 25.7 Å². The fraction of sp³-hybridized carbons (Fsp3) is 0.857. The van der Waals surface area contributed by atoms with Crippen molar-refractivity contribution in [2.24, 2.45) is 5.92 Å².